The Morgan fingerprint density at radius 3 is 2.86 bits per heavy atom. The van der Waals surface area contributed by atoms with Crippen molar-refractivity contribution in [3.05, 3.63) is 16.0 Å². The fraction of sp³-hybridized carbons (Fsp3) is 0.692. The van der Waals surface area contributed by atoms with Crippen molar-refractivity contribution in [2.24, 2.45) is 5.92 Å². The van der Waals surface area contributed by atoms with E-state index in [4.69, 9.17) is 5.84 Å². The molecule has 116 valence electrons. The minimum absolute atomic E-state index is 0.0615. The monoisotopic (exact) mass is 311 g/mol. The van der Waals surface area contributed by atoms with Gasteiger partial charge in [-0.25, -0.2) is 0 Å². The molecular weight excluding hydrogens is 290 g/mol. The van der Waals surface area contributed by atoms with E-state index >= 15 is 0 Å². The minimum atomic E-state index is -0.395. The molecule has 7 nitrogen and oxygen atoms in total. The van der Waals surface area contributed by atoms with Crippen LogP contribution in [0.2, 0.25) is 0 Å². The van der Waals surface area contributed by atoms with E-state index in [1.165, 1.54) is 6.42 Å². The molecule has 0 bridgehead atoms. The van der Waals surface area contributed by atoms with E-state index in [0.29, 0.717) is 5.92 Å². The molecule has 1 aromatic rings. The summed E-state index contributed by atoms with van der Waals surface area (Å²) in [6.07, 6.45) is 4.59. The van der Waals surface area contributed by atoms with Crippen LogP contribution in [0.25, 0.3) is 0 Å². The maximum atomic E-state index is 12.0. The summed E-state index contributed by atoms with van der Waals surface area (Å²) in [5.41, 5.74) is -0.156. The number of hydrogen-bond acceptors (Lipinski definition) is 6. The largest absolute Gasteiger partial charge is 0.352 e. The van der Waals surface area contributed by atoms with Crippen molar-refractivity contribution in [1.82, 2.24) is 20.2 Å². The SMILES string of the molecule is Cc1nnc(SCC(=O)N[C@H]2CCCC[C@H]2C)n(N)c1=O. The van der Waals surface area contributed by atoms with Crippen LogP contribution in [0.3, 0.4) is 0 Å². The van der Waals surface area contributed by atoms with Crippen LogP contribution in [-0.4, -0.2) is 32.6 Å². The molecule has 0 saturated heterocycles. The molecule has 0 aliphatic heterocycles. The van der Waals surface area contributed by atoms with E-state index in [1.807, 2.05) is 0 Å². The molecule has 8 heteroatoms. The van der Waals surface area contributed by atoms with E-state index < -0.39 is 5.56 Å². The second-order valence-corrected chi connectivity index (χ2v) is 6.41. The van der Waals surface area contributed by atoms with Gasteiger partial charge >= 0.3 is 0 Å². The lowest BCUT2D eigenvalue weighted by Crippen LogP contribution is -2.42. The molecule has 0 spiro atoms. The average molecular weight is 311 g/mol. The molecule has 1 fully saturated rings. The van der Waals surface area contributed by atoms with Crippen molar-refractivity contribution in [3.63, 3.8) is 0 Å². The molecule has 21 heavy (non-hydrogen) atoms. The highest BCUT2D eigenvalue weighted by Gasteiger charge is 2.22. The second-order valence-electron chi connectivity index (χ2n) is 5.47. The van der Waals surface area contributed by atoms with E-state index in [0.717, 1.165) is 35.7 Å². The van der Waals surface area contributed by atoms with Gasteiger partial charge in [-0.15, -0.1) is 10.2 Å². The first-order valence-electron chi connectivity index (χ1n) is 7.12. The fourth-order valence-corrected chi connectivity index (χ4v) is 3.14. The highest BCUT2D eigenvalue weighted by molar-refractivity contribution is 7.99. The predicted molar refractivity (Wildman–Crippen MR) is 81.5 cm³/mol. The molecule has 3 N–H and O–H groups in total. The van der Waals surface area contributed by atoms with Crippen LogP contribution in [0.15, 0.2) is 9.95 Å². The van der Waals surface area contributed by atoms with E-state index in [9.17, 15) is 9.59 Å². The van der Waals surface area contributed by atoms with Crippen LogP contribution in [0.4, 0.5) is 0 Å². The Balaban J connectivity index is 1.89. The number of hydrogen-bond donors (Lipinski definition) is 2. The number of amides is 1. The summed E-state index contributed by atoms with van der Waals surface area (Å²) in [5, 5.41) is 10.9. The Hall–Kier alpha value is -1.57. The van der Waals surface area contributed by atoms with Crippen LogP contribution < -0.4 is 16.7 Å². The Labute approximate surface area is 127 Å². The number of nitrogens with one attached hydrogen (secondary N) is 1. The first-order valence-corrected chi connectivity index (χ1v) is 8.11. The maximum absolute atomic E-state index is 12.0. The lowest BCUT2D eigenvalue weighted by molar-refractivity contribution is -0.119. The van der Waals surface area contributed by atoms with Gasteiger partial charge in [-0.05, 0) is 25.7 Å². The van der Waals surface area contributed by atoms with Crippen molar-refractivity contribution in [2.75, 3.05) is 11.6 Å². The smallest absolute Gasteiger partial charge is 0.294 e. The molecule has 1 amide bonds. The number of rotatable bonds is 4. The molecule has 1 aliphatic carbocycles. The molecule has 1 aromatic heterocycles. The van der Waals surface area contributed by atoms with Gasteiger partial charge in [0.25, 0.3) is 5.56 Å². The van der Waals surface area contributed by atoms with Crippen molar-refractivity contribution in [1.29, 1.82) is 0 Å². The van der Waals surface area contributed by atoms with Crippen molar-refractivity contribution >= 4 is 17.7 Å². The quantitative estimate of drug-likeness (QED) is 0.618. The van der Waals surface area contributed by atoms with Crippen molar-refractivity contribution in [2.45, 2.75) is 50.7 Å². The zero-order chi connectivity index (χ0) is 15.4. The molecule has 1 heterocycles. The van der Waals surface area contributed by atoms with Crippen LogP contribution in [-0.2, 0) is 4.79 Å². The summed E-state index contributed by atoms with van der Waals surface area (Å²) in [7, 11) is 0. The van der Waals surface area contributed by atoms with Crippen LogP contribution >= 0.6 is 11.8 Å². The van der Waals surface area contributed by atoms with Gasteiger partial charge < -0.3 is 11.2 Å². The van der Waals surface area contributed by atoms with Gasteiger partial charge in [0.05, 0.1) is 5.75 Å². The van der Waals surface area contributed by atoms with Crippen LogP contribution in [0.1, 0.15) is 38.3 Å². The third kappa shape index (κ3) is 3.96. The zero-order valence-electron chi connectivity index (χ0n) is 12.3. The number of nitrogens with two attached hydrogens (primary N) is 1. The fourth-order valence-electron chi connectivity index (χ4n) is 2.48. The lowest BCUT2D eigenvalue weighted by Gasteiger charge is -2.29. The maximum Gasteiger partial charge on any atom is 0.294 e. The number of carbonyl (C=O) groups is 1. The summed E-state index contributed by atoms with van der Waals surface area (Å²) in [5.74, 6) is 6.26. The average Bonchev–Trinajstić information content (AvgIpc) is 2.46. The van der Waals surface area contributed by atoms with Gasteiger partial charge in [0, 0.05) is 6.04 Å². The molecule has 0 aromatic carbocycles. The number of aromatic nitrogens is 3. The van der Waals surface area contributed by atoms with Crippen molar-refractivity contribution < 1.29 is 4.79 Å². The van der Waals surface area contributed by atoms with Gasteiger partial charge in [0.2, 0.25) is 11.1 Å². The standard InChI is InChI=1S/C13H21N5O2S/c1-8-5-3-4-6-10(8)15-11(19)7-21-13-17-16-9(2)12(20)18(13)14/h8,10H,3-7,14H2,1-2H3,(H,15,19)/t8-,10+/m1/s1. The Kier molecular flexibility index (Phi) is 5.22. The number of aryl methyl sites for hydroxylation is 1. The number of thioether (sulfide) groups is 1. The molecule has 2 atom stereocenters. The van der Waals surface area contributed by atoms with E-state index in [1.54, 1.807) is 6.92 Å². The molecule has 0 unspecified atom stereocenters. The normalized spacial score (nSPS) is 22.0. The zero-order valence-corrected chi connectivity index (χ0v) is 13.2. The van der Waals surface area contributed by atoms with Gasteiger partial charge in [-0.2, -0.15) is 4.68 Å². The van der Waals surface area contributed by atoms with Crippen molar-refractivity contribution in [3.8, 4) is 0 Å². The minimum Gasteiger partial charge on any atom is -0.352 e. The molecule has 1 aliphatic rings. The van der Waals surface area contributed by atoms with E-state index in [2.05, 4.69) is 22.4 Å². The van der Waals surface area contributed by atoms with Gasteiger partial charge in [0.15, 0.2) is 0 Å². The highest BCUT2D eigenvalue weighted by atomic mass is 32.2. The molecular formula is C13H21N5O2S. The topological polar surface area (TPSA) is 103 Å². The molecule has 0 radical (unpaired) electrons. The molecule has 1 saturated carbocycles. The highest BCUT2D eigenvalue weighted by Crippen LogP contribution is 2.23. The molecule has 2 rings (SSSR count). The Morgan fingerprint density at radius 2 is 2.14 bits per heavy atom. The summed E-state index contributed by atoms with van der Waals surface area (Å²) >= 11 is 1.12. The van der Waals surface area contributed by atoms with Gasteiger partial charge in [-0.1, -0.05) is 31.5 Å². The third-order valence-corrected chi connectivity index (χ3v) is 4.75. The van der Waals surface area contributed by atoms with Gasteiger partial charge in [-0.3, -0.25) is 9.59 Å². The Bertz CT molecular complexity index is 574. The first kappa shape index (κ1) is 15.8. The number of carbonyl (C=O) groups excluding carboxylic acids is 1. The predicted octanol–water partition coefficient (Wildman–Crippen LogP) is 0.448. The van der Waals surface area contributed by atoms with Crippen LogP contribution in [0.5, 0.6) is 0 Å². The summed E-state index contributed by atoms with van der Waals surface area (Å²) in [6.45, 7) is 3.71. The number of nitrogen functional groups attached to an aromatic ring is 1. The Morgan fingerprint density at radius 1 is 1.43 bits per heavy atom. The lowest BCUT2D eigenvalue weighted by atomic mass is 9.86. The first-order chi connectivity index (χ1) is 9.99. The summed E-state index contributed by atoms with van der Waals surface area (Å²) < 4.78 is 0.934. The summed E-state index contributed by atoms with van der Waals surface area (Å²) in [4.78, 5) is 23.6. The summed E-state index contributed by atoms with van der Waals surface area (Å²) in [6, 6.07) is 0.246. The van der Waals surface area contributed by atoms with Gasteiger partial charge in [0.1, 0.15) is 5.69 Å². The van der Waals surface area contributed by atoms with E-state index in [-0.39, 0.29) is 28.6 Å². The number of nitrogens with zero attached hydrogens (tertiary/aromatic N) is 3. The third-order valence-electron chi connectivity index (χ3n) is 3.81. The van der Waals surface area contributed by atoms with Crippen LogP contribution in [0, 0.1) is 12.8 Å². The second kappa shape index (κ2) is 6.93.